The molecule has 1 amide bonds. The Morgan fingerprint density at radius 3 is 2.86 bits per heavy atom. The Balaban J connectivity index is 1.98. The van der Waals surface area contributed by atoms with Gasteiger partial charge in [0.2, 0.25) is 0 Å². The summed E-state index contributed by atoms with van der Waals surface area (Å²) < 4.78 is 3.27. The topological polar surface area (TPSA) is 102 Å². The van der Waals surface area contributed by atoms with E-state index in [1.165, 1.54) is 10.9 Å². The summed E-state index contributed by atoms with van der Waals surface area (Å²) >= 11 is 0. The Kier molecular flexibility index (Phi) is 4.92. The lowest BCUT2D eigenvalue weighted by Crippen LogP contribution is -2.28. The van der Waals surface area contributed by atoms with Crippen LogP contribution in [0.25, 0.3) is 0 Å². The van der Waals surface area contributed by atoms with E-state index >= 15 is 0 Å². The number of rotatable bonds is 7. The van der Waals surface area contributed by atoms with Crippen molar-refractivity contribution in [3.8, 4) is 0 Å². The zero-order chi connectivity index (χ0) is 16.1. The highest BCUT2D eigenvalue weighted by Crippen LogP contribution is 2.12. The van der Waals surface area contributed by atoms with Gasteiger partial charge in [0.25, 0.3) is 5.91 Å². The van der Waals surface area contributed by atoms with E-state index in [0.29, 0.717) is 5.56 Å². The first-order chi connectivity index (χ1) is 10.5. The SMILES string of the molecule is CCn1nccc1C(C)NC(=O)c1cnn(CCC(=O)O)c1. The minimum Gasteiger partial charge on any atom is -0.481 e. The number of hydrogen-bond acceptors (Lipinski definition) is 4. The first-order valence-electron chi connectivity index (χ1n) is 7.08. The van der Waals surface area contributed by atoms with E-state index < -0.39 is 5.97 Å². The second kappa shape index (κ2) is 6.88. The molecule has 2 aromatic rings. The quantitative estimate of drug-likeness (QED) is 0.796. The van der Waals surface area contributed by atoms with Crippen LogP contribution >= 0.6 is 0 Å². The van der Waals surface area contributed by atoms with E-state index in [-0.39, 0.29) is 24.9 Å². The highest BCUT2D eigenvalue weighted by atomic mass is 16.4. The highest BCUT2D eigenvalue weighted by molar-refractivity contribution is 5.93. The maximum absolute atomic E-state index is 12.2. The van der Waals surface area contributed by atoms with Gasteiger partial charge in [-0.05, 0) is 19.9 Å². The molecule has 0 saturated heterocycles. The predicted octanol–water partition coefficient (Wildman–Crippen LogP) is 1.07. The largest absolute Gasteiger partial charge is 0.481 e. The molecule has 8 nitrogen and oxygen atoms in total. The molecule has 1 atom stereocenters. The molecule has 2 rings (SSSR count). The van der Waals surface area contributed by atoms with Crippen molar-refractivity contribution in [1.29, 1.82) is 0 Å². The average molecular weight is 305 g/mol. The number of aryl methyl sites for hydroxylation is 2. The van der Waals surface area contributed by atoms with Crippen molar-refractivity contribution in [3.63, 3.8) is 0 Å². The van der Waals surface area contributed by atoms with Gasteiger partial charge in [0.15, 0.2) is 0 Å². The standard InChI is InChI=1S/C14H19N5O3/c1-3-19-12(4-6-15-19)10(2)17-14(22)11-8-16-18(9-11)7-5-13(20)21/h4,6,8-10H,3,5,7H2,1-2H3,(H,17,22)(H,20,21). The van der Waals surface area contributed by atoms with Crippen LogP contribution in [0.15, 0.2) is 24.7 Å². The van der Waals surface area contributed by atoms with Crippen LogP contribution in [0, 0.1) is 0 Å². The van der Waals surface area contributed by atoms with Gasteiger partial charge in [0.05, 0.1) is 36.5 Å². The third-order valence-corrected chi connectivity index (χ3v) is 3.29. The fraction of sp³-hybridized carbons (Fsp3) is 0.429. The van der Waals surface area contributed by atoms with Gasteiger partial charge >= 0.3 is 5.97 Å². The molecule has 2 N–H and O–H groups in total. The Morgan fingerprint density at radius 1 is 1.41 bits per heavy atom. The number of aromatic nitrogens is 4. The maximum atomic E-state index is 12.2. The summed E-state index contributed by atoms with van der Waals surface area (Å²) in [6.45, 7) is 4.84. The summed E-state index contributed by atoms with van der Waals surface area (Å²) in [6.07, 6.45) is 4.64. The van der Waals surface area contributed by atoms with Crippen molar-refractivity contribution >= 4 is 11.9 Å². The molecule has 0 spiro atoms. The van der Waals surface area contributed by atoms with E-state index in [4.69, 9.17) is 5.11 Å². The van der Waals surface area contributed by atoms with Crippen molar-refractivity contribution in [2.24, 2.45) is 0 Å². The summed E-state index contributed by atoms with van der Waals surface area (Å²) in [4.78, 5) is 22.7. The minimum atomic E-state index is -0.900. The molecule has 0 fully saturated rings. The first kappa shape index (κ1) is 15.7. The van der Waals surface area contributed by atoms with E-state index in [1.54, 1.807) is 12.4 Å². The molecule has 22 heavy (non-hydrogen) atoms. The normalized spacial score (nSPS) is 12.1. The van der Waals surface area contributed by atoms with Crippen molar-refractivity contribution in [3.05, 3.63) is 35.9 Å². The number of carbonyl (C=O) groups excluding carboxylic acids is 1. The van der Waals surface area contributed by atoms with Crippen LogP contribution in [0.1, 0.15) is 42.4 Å². The van der Waals surface area contributed by atoms with Crippen molar-refractivity contribution in [1.82, 2.24) is 24.9 Å². The average Bonchev–Trinajstić information content (AvgIpc) is 3.13. The Labute approximate surface area is 127 Å². The summed E-state index contributed by atoms with van der Waals surface area (Å²) in [7, 11) is 0. The molecular formula is C14H19N5O3. The molecule has 118 valence electrons. The number of nitrogens with one attached hydrogen (secondary N) is 1. The molecule has 2 aromatic heterocycles. The summed E-state index contributed by atoms with van der Waals surface area (Å²) in [5, 5.41) is 19.7. The van der Waals surface area contributed by atoms with Crippen LogP contribution < -0.4 is 5.32 Å². The first-order valence-corrected chi connectivity index (χ1v) is 7.08. The molecular weight excluding hydrogens is 286 g/mol. The predicted molar refractivity (Wildman–Crippen MR) is 78.3 cm³/mol. The van der Waals surface area contributed by atoms with Crippen molar-refractivity contribution < 1.29 is 14.7 Å². The van der Waals surface area contributed by atoms with E-state index in [9.17, 15) is 9.59 Å². The summed E-state index contributed by atoms with van der Waals surface area (Å²) in [5.74, 6) is -1.15. The van der Waals surface area contributed by atoms with Crippen LogP contribution in [-0.2, 0) is 17.9 Å². The molecule has 0 aliphatic rings. The summed E-state index contributed by atoms with van der Waals surface area (Å²) in [5.41, 5.74) is 1.33. The van der Waals surface area contributed by atoms with Gasteiger partial charge in [-0.3, -0.25) is 19.0 Å². The van der Waals surface area contributed by atoms with Crippen LogP contribution in [0.5, 0.6) is 0 Å². The summed E-state index contributed by atoms with van der Waals surface area (Å²) in [6, 6.07) is 1.68. The maximum Gasteiger partial charge on any atom is 0.305 e. The zero-order valence-electron chi connectivity index (χ0n) is 12.6. The van der Waals surface area contributed by atoms with Crippen LogP contribution in [-0.4, -0.2) is 36.5 Å². The Morgan fingerprint density at radius 2 is 2.18 bits per heavy atom. The number of nitrogens with zero attached hydrogens (tertiary/aromatic N) is 4. The van der Waals surface area contributed by atoms with Gasteiger partial charge < -0.3 is 10.4 Å². The number of amides is 1. The van der Waals surface area contributed by atoms with Gasteiger partial charge in [-0.2, -0.15) is 10.2 Å². The molecule has 0 aliphatic heterocycles. The fourth-order valence-corrected chi connectivity index (χ4v) is 2.14. The molecule has 8 heteroatoms. The lowest BCUT2D eigenvalue weighted by Gasteiger charge is -2.14. The minimum absolute atomic E-state index is 0.0329. The Bertz CT molecular complexity index is 661. The fourth-order valence-electron chi connectivity index (χ4n) is 2.14. The van der Waals surface area contributed by atoms with E-state index in [2.05, 4.69) is 15.5 Å². The molecule has 0 saturated carbocycles. The van der Waals surface area contributed by atoms with Gasteiger partial charge in [0.1, 0.15) is 0 Å². The van der Waals surface area contributed by atoms with E-state index in [0.717, 1.165) is 12.2 Å². The molecule has 2 heterocycles. The molecule has 0 aromatic carbocycles. The van der Waals surface area contributed by atoms with Gasteiger partial charge in [-0.25, -0.2) is 0 Å². The van der Waals surface area contributed by atoms with E-state index in [1.807, 2.05) is 24.6 Å². The number of hydrogen-bond donors (Lipinski definition) is 2. The van der Waals surface area contributed by atoms with Crippen LogP contribution in [0.3, 0.4) is 0 Å². The third kappa shape index (κ3) is 3.72. The lowest BCUT2D eigenvalue weighted by molar-refractivity contribution is -0.137. The second-order valence-electron chi connectivity index (χ2n) is 4.90. The monoisotopic (exact) mass is 305 g/mol. The molecule has 0 aliphatic carbocycles. The Hall–Kier alpha value is -2.64. The lowest BCUT2D eigenvalue weighted by atomic mass is 10.2. The number of carboxylic acid groups (broad SMARTS) is 1. The van der Waals surface area contributed by atoms with Crippen LogP contribution in [0.4, 0.5) is 0 Å². The van der Waals surface area contributed by atoms with Crippen molar-refractivity contribution in [2.45, 2.75) is 39.4 Å². The third-order valence-electron chi connectivity index (χ3n) is 3.29. The van der Waals surface area contributed by atoms with Crippen molar-refractivity contribution in [2.75, 3.05) is 0 Å². The van der Waals surface area contributed by atoms with Gasteiger partial charge in [0, 0.05) is 18.9 Å². The van der Waals surface area contributed by atoms with Gasteiger partial charge in [-0.15, -0.1) is 0 Å². The molecule has 1 unspecified atom stereocenters. The number of carbonyl (C=O) groups is 2. The molecule has 0 bridgehead atoms. The zero-order valence-corrected chi connectivity index (χ0v) is 12.6. The van der Waals surface area contributed by atoms with Gasteiger partial charge in [-0.1, -0.05) is 0 Å². The van der Waals surface area contributed by atoms with Crippen LogP contribution in [0.2, 0.25) is 0 Å². The highest BCUT2D eigenvalue weighted by Gasteiger charge is 2.16. The second-order valence-corrected chi connectivity index (χ2v) is 4.90. The number of aliphatic carboxylic acids is 1. The number of carboxylic acids is 1. The molecule has 0 radical (unpaired) electrons. The smallest absolute Gasteiger partial charge is 0.305 e.